The topological polar surface area (TPSA) is 66.8 Å². The maximum absolute atomic E-state index is 13.2. The number of hydrogen-bond acceptors (Lipinski definition) is 5. The Hall–Kier alpha value is -3.87. The predicted molar refractivity (Wildman–Crippen MR) is 138 cm³/mol. The van der Waals surface area contributed by atoms with Crippen molar-refractivity contribution in [3.05, 3.63) is 117 Å². The first-order valence-electron chi connectivity index (χ1n) is 10.9. The van der Waals surface area contributed by atoms with E-state index in [1.807, 2.05) is 48.7 Å². The van der Waals surface area contributed by atoms with Crippen LogP contribution in [0.15, 0.2) is 95.9 Å². The average Bonchev–Trinajstić information content (AvgIpc) is 3.47. The van der Waals surface area contributed by atoms with E-state index in [-0.39, 0.29) is 11.3 Å². The van der Waals surface area contributed by atoms with E-state index in [0.29, 0.717) is 27.8 Å². The zero-order valence-corrected chi connectivity index (χ0v) is 20.2. The van der Waals surface area contributed by atoms with Gasteiger partial charge in [-0.05, 0) is 84.6 Å². The van der Waals surface area contributed by atoms with Crippen LogP contribution < -0.4 is 9.64 Å². The second kappa shape index (κ2) is 9.41. The van der Waals surface area contributed by atoms with Gasteiger partial charge in [0.1, 0.15) is 23.3 Å². The van der Waals surface area contributed by atoms with E-state index < -0.39 is 17.7 Å². The van der Waals surface area contributed by atoms with Gasteiger partial charge in [0.25, 0.3) is 11.7 Å². The van der Waals surface area contributed by atoms with Crippen LogP contribution in [0, 0.1) is 6.92 Å². The van der Waals surface area contributed by atoms with Crippen molar-refractivity contribution in [3.8, 4) is 11.5 Å². The second-order valence-corrected chi connectivity index (χ2v) is 9.52. The molecule has 1 atom stereocenters. The van der Waals surface area contributed by atoms with E-state index in [1.54, 1.807) is 48.5 Å². The number of nitrogens with zero attached hydrogens (tertiary/aromatic N) is 1. The van der Waals surface area contributed by atoms with Gasteiger partial charge >= 0.3 is 0 Å². The molecule has 1 aliphatic heterocycles. The first-order valence-corrected chi connectivity index (χ1v) is 12.1. The van der Waals surface area contributed by atoms with E-state index in [1.165, 1.54) is 16.2 Å². The number of Topliss-reactive ketones (excluding diaryl/α,β-unsaturated/α-hetero) is 1. The lowest BCUT2D eigenvalue weighted by Gasteiger charge is -2.24. The van der Waals surface area contributed by atoms with Gasteiger partial charge in [-0.2, -0.15) is 0 Å². The van der Waals surface area contributed by atoms with Crippen molar-refractivity contribution in [1.82, 2.24) is 0 Å². The Kier molecular flexibility index (Phi) is 6.16. The molecule has 5 rings (SSSR count). The summed E-state index contributed by atoms with van der Waals surface area (Å²) in [6, 6.07) is 24.1. The number of anilines is 1. The highest BCUT2D eigenvalue weighted by molar-refractivity contribution is 7.10. The molecular formula is C28H20ClNO4S. The molecule has 1 unspecified atom stereocenters. The van der Waals surface area contributed by atoms with Crippen LogP contribution in [0.4, 0.5) is 5.69 Å². The molecule has 0 spiro atoms. The monoisotopic (exact) mass is 501 g/mol. The summed E-state index contributed by atoms with van der Waals surface area (Å²) in [6.45, 7) is 1.99. The fourth-order valence-electron chi connectivity index (χ4n) is 4.07. The van der Waals surface area contributed by atoms with Crippen molar-refractivity contribution in [1.29, 1.82) is 0 Å². The number of aliphatic hydroxyl groups is 1. The molecule has 1 aliphatic rings. The molecule has 4 aromatic rings. The number of rotatable bonds is 5. The van der Waals surface area contributed by atoms with E-state index in [2.05, 4.69) is 0 Å². The summed E-state index contributed by atoms with van der Waals surface area (Å²) >= 11 is 7.39. The molecule has 174 valence electrons. The molecule has 2 heterocycles. The summed E-state index contributed by atoms with van der Waals surface area (Å²) in [6.07, 6.45) is 0. The van der Waals surface area contributed by atoms with Crippen LogP contribution >= 0.6 is 22.9 Å². The van der Waals surface area contributed by atoms with E-state index in [9.17, 15) is 14.7 Å². The molecule has 1 amide bonds. The number of ether oxygens (including phenoxy) is 1. The van der Waals surface area contributed by atoms with Gasteiger partial charge in [-0.1, -0.05) is 29.8 Å². The van der Waals surface area contributed by atoms with Crippen LogP contribution in [0.3, 0.4) is 0 Å². The lowest BCUT2D eigenvalue weighted by Crippen LogP contribution is -2.29. The Morgan fingerprint density at radius 1 is 0.943 bits per heavy atom. The fraction of sp³-hybridized carbons (Fsp3) is 0.0714. The highest BCUT2D eigenvalue weighted by atomic mass is 35.5. The van der Waals surface area contributed by atoms with Crippen LogP contribution in [-0.2, 0) is 9.59 Å². The number of aliphatic hydroxyl groups excluding tert-OH is 1. The van der Waals surface area contributed by atoms with Gasteiger partial charge in [0.2, 0.25) is 0 Å². The number of hydrogen-bond donors (Lipinski definition) is 1. The third kappa shape index (κ3) is 4.46. The van der Waals surface area contributed by atoms with E-state index in [4.69, 9.17) is 16.3 Å². The standard InChI is InChI=1S/C28H20ClNO4S/c1-17-4-2-5-22(16-17)34-21-13-11-20(12-14-21)30-25(23-6-3-15-35-23)24(27(32)28(30)33)26(31)18-7-9-19(29)10-8-18/h2-16,25,31H,1H3/b26-24-. The number of halogens is 1. The fourth-order valence-corrected chi connectivity index (χ4v) is 5.02. The van der Waals surface area contributed by atoms with Gasteiger partial charge in [0.05, 0.1) is 5.57 Å². The molecule has 0 saturated carbocycles. The van der Waals surface area contributed by atoms with Crippen molar-refractivity contribution < 1.29 is 19.4 Å². The van der Waals surface area contributed by atoms with Crippen molar-refractivity contribution in [2.24, 2.45) is 0 Å². The zero-order chi connectivity index (χ0) is 24.5. The van der Waals surface area contributed by atoms with E-state index in [0.717, 1.165) is 10.4 Å². The summed E-state index contributed by atoms with van der Waals surface area (Å²) in [7, 11) is 0. The molecule has 1 fully saturated rings. The summed E-state index contributed by atoms with van der Waals surface area (Å²) < 4.78 is 5.92. The maximum atomic E-state index is 13.2. The van der Waals surface area contributed by atoms with Gasteiger partial charge in [0.15, 0.2) is 0 Å². The van der Waals surface area contributed by atoms with Gasteiger partial charge in [0, 0.05) is 21.2 Å². The lowest BCUT2D eigenvalue weighted by molar-refractivity contribution is -0.132. The van der Waals surface area contributed by atoms with Crippen LogP contribution in [0.1, 0.15) is 22.0 Å². The Morgan fingerprint density at radius 3 is 2.34 bits per heavy atom. The van der Waals surface area contributed by atoms with Gasteiger partial charge in [-0.3, -0.25) is 14.5 Å². The number of amides is 1. The third-order valence-electron chi connectivity index (χ3n) is 5.71. The van der Waals surface area contributed by atoms with Crippen molar-refractivity contribution in [3.63, 3.8) is 0 Å². The molecule has 35 heavy (non-hydrogen) atoms. The summed E-state index contributed by atoms with van der Waals surface area (Å²) in [4.78, 5) is 28.6. The molecule has 0 bridgehead atoms. The number of carbonyl (C=O) groups is 2. The van der Waals surface area contributed by atoms with Crippen molar-refractivity contribution in [2.75, 3.05) is 4.90 Å². The summed E-state index contributed by atoms with van der Waals surface area (Å²) in [5.74, 6) is -0.368. The van der Waals surface area contributed by atoms with Gasteiger partial charge < -0.3 is 9.84 Å². The molecule has 7 heteroatoms. The lowest BCUT2D eigenvalue weighted by atomic mass is 10.00. The molecular weight excluding hydrogens is 482 g/mol. The number of aryl methyl sites for hydroxylation is 1. The number of thiophene rings is 1. The summed E-state index contributed by atoms with van der Waals surface area (Å²) in [5, 5.41) is 13.5. The number of carbonyl (C=O) groups excluding carboxylic acids is 2. The van der Waals surface area contributed by atoms with Crippen LogP contribution in [0.5, 0.6) is 11.5 Å². The predicted octanol–water partition coefficient (Wildman–Crippen LogP) is 7.13. The van der Waals surface area contributed by atoms with Crippen LogP contribution in [-0.4, -0.2) is 16.8 Å². The Bertz CT molecular complexity index is 1430. The van der Waals surface area contributed by atoms with Crippen LogP contribution in [0.25, 0.3) is 5.76 Å². The van der Waals surface area contributed by atoms with E-state index >= 15 is 0 Å². The largest absolute Gasteiger partial charge is 0.507 e. The smallest absolute Gasteiger partial charge is 0.300 e. The molecule has 0 radical (unpaired) electrons. The zero-order valence-electron chi connectivity index (χ0n) is 18.6. The Labute approximate surface area is 211 Å². The first-order chi connectivity index (χ1) is 16.9. The molecule has 5 nitrogen and oxygen atoms in total. The number of ketones is 1. The maximum Gasteiger partial charge on any atom is 0.300 e. The average molecular weight is 502 g/mol. The molecule has 1 N–H and O–H groups in total. The minimum absolute atomic E-state index is 0.0415. The molecule has 3 aromatic carbocycles. The summed E-state index contributed by atoms with van der Waals surface area (Å²) in [5.41, 5.74) is 2.06. The number of benzene rings is 3. The minimum Gasteiger partial charge on any atom is -0.507 e. The Balaban J connectivity index is 1.54. The quantitative estimate of drug-likeness (QED) is 0.179. The van der Waals surface area contributed by atoms with Crippen LogP contribution in [0.2, 0.25) is 5.02 Å². The van der Waals surface area contributed by atoms with Gasteiger partial charge in [-0.25, -0.2) is 0 Å². The normalized spacial score (nSPS) is 17.1. The molecule has 1 saturated heterocycles. The highest BCUT2D eigenvalue weighted by Crippen LogP contribution is 2.44. The first kappa shape index (κ1) is 22.9. The molecule has 0 aliphatic carbocycles. The van der Waals surface area contributed by atoms with Gasteiger partial charge in [-0.15, -0.1) is 11.3 Å². The van der Waals surface area contributed by atoms with Crippen molar-refractivity contribution >= 4 is 46.1 Å². The Morgan fingerprint density at radius 2 is 1.69 bits per heavy atom. The third-order valence-corrected chi connectivity index (χ3v) is 6.89. The van der Waals surface area contributed by atoms with Crippen molar-refractivity contribution in [2.45, 2.75) is 13.0 Å². The SMILES string of the molecule is Cc1cccc(Oc2ccc(N3C(=O)C(=O)/C(=C(\O)c4ccc(Cl)cc4)C3c3cccs3)cc2)c1. The second-order valence-electron chi connectivity index (χ2n) is 8.10. The minimum atomic E-state index is -0.755. The molecule has 1 aromatic heterocycles. The highest BCUT2D eigenvalue weighted by Gasteiger charge is 2.47.